The molecule has 0 radical (unpaired) electrons. The molecule has 1 saturated carbocycles. The van der Waals surface area contributed by atoms with Gasteiger partial charge in [-0.25, -0.2) is 0 Å². The van der Waals surface area contributed by atoms with E-state index in [1.807, 2.05) is 30.3 Å². The molecule has 0 aromatic heterocycles. The predicted molar refractivity (Wildman–Crippen MR) is 112 cm³/mol. The minimum Gasteiger partial charge on any atom is -0.352 e. The number of benzene rings is 2. The maximum atomic E-state index is 13.0. The number of hydrogen-bond acceptors (Lipinski definition) is 2. The fourth-order valence-electron chi connectivity index (χ4n) is 3.42. The first-order valence-electron chi connectivity index (χ1n) is 10.2. The van der Waals surface area contributed by atoms with Crippen LogP contribution >= 0.6 is 0 Å². The Bertz CT molecular complexity index is 733. The van der Waals surface area contributed by atoms with Gasteiger partial charge in [0.05, 0.1) is 0 Å². The normalized spacial score (nSPS) is 16.4. The van der Waals surface area contributed by atoms with Crippen LogP contribution in [0.2, 0.25) is 0 Å². The minimum absolute atomic E-state index is 0.0770. The van der Waals surface area contributed by atoms with Gasteiger partial charge in [-0.15, -0.1) is 0 Å². The Kier molecular flexibility index (Phi) is 6.33. The Balaban J connectivity index is 1.84. The molecule has 144 valence electrons. The summed E-state index contributed by atoms with van der Waals surface area (Å²) in [6, 6.07) is 19.0. The molecule has 0 saturated heterocycles. The van der Waals surface area contributed by atoms with Crippen molar-refractivity contribution < 1.29 is 4.79 Å². The molecule has 3 rings (SSSR count). The van der Waals surface area contributed by atoms with Gasteiger partial charge >= 0.3 is 0 Å². The van der Waals surface area contributed by atoms with Crippen LogP contribution in [0.5, 0.6) is 0 Å². The average molecular weight is 365 g/mol. The summed E-state index contributed by atoms with van der Waals surface area (Å²) < 4.78 is 0. The van der Waals surface area contributed by atoms with Gasteiger partial charge in [0.15, 0.2) is 0 Å². The van der Waals surface area contributed by atoms with Crippen LogP contribution in [0.25, 0.3) is 0 Å². The van der Waals surface area contributed by atoms with Gasteiger partial charge in [0, 0.05) is 12.1 Å². The summed E-state index contributed by atoms with van der Waals surface area (Å²) in [6.07, 6.45) is 2.19. The van der Waals surface area contributed by atoms with Gasteiger partial charge in [-0.2, -0.15) is 0 Å². The first-order chi connectivity index (χ1) is 13.0. The van der Waals surface area contributed by atoms with Crippen molar-refractivity contribution in [1.82, 2.24) is 10.6 Å². The summed E-state index contributed by atoms with van der Waals surface area (Å²) in [5.74, 6) is 0.967. The highest BCUT2D eigenvalue weighted by atomic mass is 16.2. The van der Waals surface area contributed by atoms with Crippen LogP contribution in [-0.2, 0) is 4.79 Å². The quantitative estimate of drug-likeness (QED) is 0.683. The van der Waals surface area contributed by atoms with Crippen molar-refractivity contribution in [2.24, 2.45) is 5.92 Å². The first-order valence-corrected chi connectivity index (χ1v) is 10.2. The van der Waals surface area contributed by atoms with Gasteiger partial charge in [-0.3, -0.25) is 10.1 Å². The SMILES string of the molecule is CC(C)c1ccc([C@@H](N[C@H](C(=O)NC2CC2)c2ccccc2)C(C)C)cc1. The highest BCUT2D eigenvalue weighted by Gasteiger charge is 2.30. The molecule has 0 spiro atoms. The van der Waals surface area contributed by atoms with Crippen LogP contribution in [0.1, 0.15) is 75.2 Å². The van der Waals surface area contributed by atoms with Crippen LogP contribution in [0, 0.1) is 5.92 Å². The maximum Gasteiger partial charge on any atom is 0.241 e. The zero-order valence-electron chi connectivity index (χ0n) is 16.9. The molecule has 3 nitrogen and oxygen atoms in total. The number of rotatable bonds is 8. The van der Waals surface area contributed by atoms with Crippen molar-refractivity contribution >= 4 is 5.91 Å². The van der Waals surface area contributed by atoms with Gasteiger partial charge in [-0.05, 0) is 41.4 Å². The largest absolute Gasteiger partial charge is 0.352 e. The van der Waals surface area contributed by atoms with Gasteiger partial charge in [0.2, 0.25) is 5.91 Å². The Morgan fingerprint density at radius 3 is 1.96 bits per heavy atom. The smallest absolute Gasteiger partial charge is 0.241 e. The van der Waals surface area contributed by atoms with Crippen molar-refractivity contribution in [1.29, 1.82) is 0 Å². The molecule has 1 aliphatic carbocycles. The number of hydrogen-bond donors (Lipinski definition) is 2. The fraction of sp³-hybridized carbons (Fsp3) is 0.458. The summed E-state index contributed by atoms with van der Waals surface area (Å²) in [5.41, 5.74) is 3.59. The van der Waals surface area contributed by atoms with Crippen LogP contribution < -0.4 is 10.6 Å². The number of amides is 1. The van der Waals surface area contributed by atoms with E-state index in [1.165, 1.54) is 11.1 Å². The molecule has 2 atom stereocenters. The van der Waals surface area contributed by atoms with Crippen LogP contribution in [0.3, 0.4) is 0 Å². The fourth-order valence-corrected chi connectivity index (χ4v) is 3.42. The zero-order chi connectivity index (χ0) is 19.4. The molecule has 1 fully saturated rings. The molecule has 27 heavy (non-hydrogen) atoms. The van der Waals surface area contributed by atoms with E-state index in [1.54, 1.807) is 0 Å². The third-order valence-electron chi connectivity index (χ3n) is 5.29. The Hall–Kier alpha value is -2.13. The Morgan fingerprint density at radius 1 is 0.852 bits per heavy atom. The topological polar surface area (TPSA) is 41.1 Å². The zero-order valence-corrected chi connectivity index (χ0v) is 16.9. The van der Waals surface area contributed by atoms with E-state index in [2.05, 4.69) is 62.6 Å². The lowest BCUT2D eigenvalue weighted by Gasteiger charge is -2.29. The second-order valence-corrected chi connectivity index (χ2v) is 8.34. The monoisotopic (exact) mass is 364 g/mol. The van der Waals surface area contributed by atoms with Crippen molar-refractivity contribution in [2.45, 2.75) is 64.6 Å². The highest BCUT2D eigenvalue weighted by Crippen LogP contribution is 2.28. The van der Waals surface area contributed by atoms with E-state index < -0.39 is 0 Å². The summed E-state index contributed by atoms with van der Waals surface area (Å²) >= 11 is 0. The lowest BCUT2D eigenvalue weighted by molar-refractivity contribution is -0.123. The van der Waals surface area contributed by atoms with Gasteiger partial charge < -0.3 is 5.32 Å². The molecule has 3 heteroatoms. The van der Waals surface area contributed by atoms with E-state index in [4.69, 9.17) is 0 Å². The molecule has 0 bridgehead atoms. The van der Waals surface area contributed by atoms with Crippen LogP contribution in [-0.4, -0.2) is 11.9 Å². The Labute approximate surface area is 163 Å². The Morgan fingerprint density at radius 2 is 1.44 bits per heavy atom. The lowest BCUT2D eigenvalue weighted by Crippen LogP contribution is -2.41. The third kappa shape index (κ3) is 5.20. The second-order valence-electron chi connectivity index (χ2n) is 8.34. The van der Waals surface area contributed by atoms with E-state index in [0.717, 1.165) is 18.4 Å². The molecule has 0 unspecified atom stereocenters. The van der Waals surface area contributed by atoms with Gasteiger partial charge in [0.25, 0.3) is 0 Å². The van der Waals surface area contributed by atoms with E-state index in [-0.39, 0.29) is 18.0 Å². The summed E-state index contributed by atoms with van der Waals surface area (Å²) in [5, 5.41) is 6.83. The molecular formula is C24H32N2O. The molecule has 2 aromatic carbocycles. The molecule has 2 N–H and O–H groups in total. The third-order valence-corrected chi connectivity index (χ3v) is 5.29. The lowest BCUT2D eigenvalue weighted by atomic mass is 9.92. The highest BCUT2D eigenvalue weighted by molar-refractivity contribution is 5.83. The molecule has 1 amide bonds. The summed E-state index contributed by atoms with van der Waals surface area (Å²) in [6.45, 7) is 8.82. The summed E-state index contributed by atoms with van der Waals surface area (Å²) in [7, 11) is 0. The molecule has 0 heterocycles. The van der Waals surface area contributed by atoms with Gasteiger partial charge in [0.1, 0.15) is 6.04 Å². The van der Waals surface area contributed by atoms with E-state index in [9.17, 15) is 4.79 Å². The standard InChI is InChI=1S/C24H32N2O/c1-16(2)18-10-12-20(13-11-18)22(17(3)4)26-23(19-8-6-5-7-9-19)24(27)25-21-14-15-21/h5-13,16-17,21-23,26H,14-15H2,1-4H3,(H,25,27)/t22-,23-/m0/s1. The van der Waals surface area contributed by atoms with Crippen molar-refractivity contribution in [3.05, 3.63) is 71.3 Å². The minimum atomic E-state index is -0.344. The molecule has 1 aliphatic rings. The number of nitrogens with one attached hydrogen (secondary N) is 2. The number of carbonyl (C=O) groups is 1. The average Bonchev–Trinajstić information content (AvgIpc) is 3.47. The summed E-state index contributed by atoms with van der Waals surface area (Å²) in [4.78, 5) is 13.0. The van der Waals surface area contributed by atoms with Crippen LogP contribution in [0.4, 0.5) is 0 Å². The predicted octanol–water partition coefficient (Wildman–Crippen LogP) is 5.12. The van der Waals surface area contributed by atoms with Crippen molar-refractivity contribution in [3.8, 4) is 0 Å². The van der Waals surface area contributed by atoms with Crippen molar-refractivity contribution in [3.63, 3.8) is 0 Å². The van der Waals surface area contributed by atoms with Gasteiger partial charge in [-0.1, -0.05) is 82.3 Å². The number of carbonyl (C=O) groups excluding carboxylic acids is 1. The molecular weight excluding hydrogens is 332 g/mol. The first kappa shape index (κ1) is 19.6. The maximum absolute atomic E-state index is 13.0. The molecule has 0 aliphatic heterocycles. The van der Waals surface area contributed by atoms with Crippen molar-refractivity contribution in [2.75, 3.05) is 0 Å². The van der Waals surface area contributed by atoms with Crippen LogP contribution in [0.15, 0.2) is 54.6 Å². The van der Waals surface area contributed by atoms with E-state index >= 15 is 0 Å². The van der Waals surface area contributed by atoms with E-state index in [0.29, 0.717) is 17.9 Å². The second kappa shape index (κ2) is 8.71. The molecule has 2 aromatic rings.